The average molecular weight is 461 g/mol. The number of oxime groups is 1. The highest BCUT2D eigenvalue weighted by Crippen LogP contribution is 2.17. The van der Waals surface area contributed by atoms with Crippen LogP contribution in [0.5, 0.6) is 0 Å². The number of ether oxygens (including phenoxy) is 1. The number of methoxy groups -OCH3 is 1. The van der Waals surface area contributed by atoms with Crippen molar-refractivity contribution >= 4 is 38.1 Å². The number of sulfonamides is 1. The van der Waals surface area contributed by atoms with Crippen LogP contribution in [0.25, 0.3) is 0 Å². The second-order valence-corrected chi connectivity index (χ2v) is 8.62. The van der Waals surface area contributed by atoms with Gasteiger partial charge >= 0.3 is 0 Å². The molecule has 13 heteroatoms. The lowest BCUT2D eigenvalue weighted by Crippen LogP contribution is -2.27. The predicted octanol–water partition coefficient (Wildman–Crippen LogP) is 0.947. The van der Waals surface area contributed by atoms with Gasteiger partial charge < -0.3 is 14.7 Å². The number of anilines is 1. The summed E-state index contributed by atoms with van der Waals surface area (Å²) in [6.45, 7) is 1.52. The van der Waals surface area contributed by atoms with Crippen LogP contribution in [0.2, 0.25) is 0 Å². The van der Waals surface area contributed by atoms with Gasteiger partial charge in [0.25, 0.3) is 5.91 Å². The van der Waals surface area contributed by atoms with Crippen LogP contribution in [0.15, 0.2) is 40.5 Å². The molecular formula is C17H21FN4O6S2. The van der Waals surface area contributed by atoms with E-state index in [0.29, 0.717) is 11.3 Å². The molecule has 164 valence electrons. The van der Waals surface area contributed by atoms with Gasteiger partial charge in [-0.25, -0.2) is 18.1 Å². The Morgan fingerprint density at radius 1 is 1.37 bits per heavy atom. The fraction of sp³-hybridized carbons (Fsp3) is 0.353. The average Bonchev–Trinajstić information content (AvgIpc) is 3.13. The number of nitrogens with zero attached hydrogens (tertiary/aromatic N) is 2. The zero-order chi connectivity index (χ0) is 22.1. The van der Waals surface area contributed by atoms with Gasteiger partial charge in [0.2, 0.25) is 10.0 Å². The molecular weight excluding hydrogens is 439 g/mol. The molecule has 1 amide bonds. The number of aliphatic hydroxyl groups is 1. The minimum Gasteiger partial charge on any atom is -0.392 e. The molecule has 3 N–H and O–H groups in total. The zero-order valence-electron chi connectivity index (χ0n) is 16.2. The van der Waals surface area contributed by atoms with Crippen molar-refractivity contribution in [2.45, 2.75) is 17.9 Å². The summed E-state index contributed by atoms with van der Waals surface area (Å²) in [4.78, 5) is 21.4. The molecule has 10 nitrogen and oxygen atoms in total. The summed E-state index contributed by atoms with van der Waals surface area (Å²) in [5.41, 5.74) is 0.0349. The van der Waals surface area contributed by atoms with Gasteiger partial charge in [0.05, 0.1) is 24.3 Å². The number of amides is 1. The summed E-state index contributed by atoms with van der Waals surface area (Å²) >= 11 is 0.629. The van der Waals surface area contributed by atoms with Crippen LogP contribution in [0.3, 0.4) is 0 Å². The molecule has 1 heterocycles. The largest absolute Gasteiger partial charge is 0.392 e. The molecule has 1 aromatic heterocycles. The van der Waals surface area contributed by atoms with E-state index in [0.717, 1.165) is 6.20 Å². The maximum Gasteiger partial charge on any atom is 0.280 e. The van der Waals surface area contributed by atoms with Crippen molar-refractivity contribution in [3.05, 3.63) is 41.2 Å². The van der Waals surface area contributed by atoms with E-state index < -0.39 is 27.2 Å². The highest BCUT2D eigenvalue weighted by atomic mass is 32.2. The number of thiazole rings is 1. The first-order valence-electron chi connectivity index (χ1n) is 8.63. The minimum atomic E-state index is -3.76. The van der Waals surface area contributed by atoms with Crippen molar-refractivity contribution < 1.29 is 32.3 Å². The van der Waals surface area contributed by atoms with Crippen molar-refractivity contribution in [1.29, 1.82) is 0 Å². The van der Waals surface area contributed by atoms with E-state index in [1.54, 1.807) is 0 Å². The van der Waals surface area contributed by atoms with Gasteiger partial charge in [-0.15, -0.1) is 0 Å². The number of benzene rings is 1. The summed E-state index contributed by atoms with van der Waals surface area (Å²) in [5.74, 6) is -0.747. The molecule has 1 atom stereocenters. The molecule has 0 aliphatic carbocycles. The van der Waals surface area contributed by atoms with E-state index in [1.165, 1.54) is 38.3 Å². The second kappa shape index (κ2) is 11.1. The van der Waals surface area contributed by atoms with Crippen LogP contribution in [0.1, 0.15) is 12.5 Å². The minimum absolute atomic E-state index is 0.0157. The third kappa shape index (κ3) is 6.81. The standard InChI is InChI=1S/C17H21FN4O6S2/c1-11(10-23)28-22-15(16(24)21-17-19-9-14(18)29-17)12-3-5-13(6-4-12)30(25,26)20-7-8-27-2/h3-6,9,11,20,23H,7-8,10H2,1-2H3,(H,19,21,24)/t11-/m1/s1. The van der Waals surface area contributed by atoms with E-state index in [9.17, 15) is 17.6 Å². The Hall–Kier alpha value is -2.45. The smallest absolute Gasteiger partial charge is 0.280 e. The van der Waals surface area contributed by atoms with Crippen molar-refractivity contribution in [2.75, 3.05) is 32.2 Å². The third-order valence-corrected chi connectivity index (χ3v) is 5.71. The van der Waals surface area contributed by atoms with E-state index in [1.807, 2.05) is 0 Å². The second-order valence-electron chi connectivity index (χ2n) is 5.88. The maximum absolute atomic E-state index is 13.1. The fourth-order valence-electron chi connectivity index (χ4n) is 2.02. The Morgan fingerprint density at radius 2 is 2.07 bits per heavy atom. The number of hydrogen-bond acceptors (Lipinski definition) is 9. The maximum atomic E-state index is 13.1. The van der Waals surface area contributed by atoms with Crippen LogP contribution in [-0.2, 0) is 24.4 Å². The Morgan fingerprint density at radius 3 is 2.63 bits per heavy atom. The first-order valence-corrected chi connectivity index (χ1v) is 10.9. The van der Waals surface area contributed by atoms with E-state index in [2.05, 4.69) is 20.2 Å². The van der Waals surface area contributed by atoms with Gasteiger partial charge in [-0.1, -0.05) is 28.6 Å². The SMILES string of the molecule is COCCNS(=O)(=O)c1ccc(C(=NO[C@H](C)CO)C(=O)Nc2ncc(F)s2)cc1. The zero-order valence-corrected chi connectivity index (χ0v) is 17.8. The molecule has 0 unspecified atom stereocenters. The Balaban J connectivity index is 2.26. The molecule has 0 aliphatic rings. The number of aliphatic hydroxyl groups excluding tert-OH is 1. The van der Waals surface area contributed by atoms with E-state index in [-0.39, 0.29) is 41.1 Å². The van der Waals surface area contributed by atoms with Crippen LogP contribution >= 0.6 is 11.3 Å². The molecule has 0 fully saturated rings. The van der Waals surface area contributed by atoms with Gasteiger partial charge in [-0.05, 0) is 19.1 Å². The van der Waals surface area contributed by atoms with E-state index >= 15 is 0 Å². The molecule has 2 rings (SSSR count). The monoisotopic (exact) mass is 460 g/mol. The lowest BCUT2D eigenvalue weighted by atomic mass is 10.1. The fourth-order valence-corrected chi connectivity index (χ4v) is 3.58. The van der Waals surface area contributed by atoms with Gasteiger partial charge in [-0.2, -0.15) is 4.39 Å². The lowest BCUT2D eigenvalue weighted by Gasteiger charge is -2.11. The Bertz CT molecular complexity index is 978. The Labute approximate surface area is 176 Å². The highest BCUT2D eigenvalue weighted by Gasteiger charge is 2.20. The summed E-state index contributed by atoms with van der Waals surface area (Å²) in [6, 6.07) is 5.34. The quantitative estimate of drug-likeness (QED) is 0.258. The summed E-state index contributed by atoms with van der Waals surface area (Å²) in [5, 5.41) is 14.7. The first kappa shape index (κ1) is 23.8. The first-order chi connectivity index (χ1) is 14.3. The number of halogens is 1. The van der Waals surface area contributed by atoms with Gasteiger partial charge in [0.1, 0.15) is 6.10 Å². The normalized spacial score (nSPS) is 13.1. The molecule has 0 radical (unpaired) electrons. The van der Waals surface area contributed by atoms with Crippen LogP contribution in [0.4, 0.5) is 9.52 Å². The topological polar surface area (TPSA) is 139 Å². The molecule has 1 aromatic carbocycles. The molecule has 0 saturated heterocycles. The molecule has 0 saturated carbocycles. The summed E-state index contributed by atoms with van der Waals surface area (Å²) < 4.78 is 44.8. The number of rotatable bonds is 11. The molecule has 0 aliphatic heterocycles. The lowest BCUT2D eigenvalue weighted by molar-refractivity contribution is -0.110. The van der Waals surface area contributed by atoms with Gasteiger partial charge in [0, 0.05) is 19.2 Å². The van der Waals surface area contributed by atoms with Crippen molar-refractivity contribution in [3.63, 3.8) is 0 Å². The van der Waals surface area contributed by atoms with Crippen molar-refractivity contribution in [3.8, 4) is 0 Å². The Kier molecular flexibility index (Phi) is 8.80. The number of nitrogens with one attached hydrogen (secondary N) is 2. The number of carbonyl (C=O) groups is 1. The van der Waals surface area contributed by atoms with Crippen LogP contribution in [-0.4, -0.2) is 63.1 Å². The molecule has 0 spiro atoms. The van der Waals surface area contributed by atoms with Crippen molar-refractivity contribution in [1.82, 2.24) is 9.71 Å². The summed E-state index contributed by atoms with van der Waals surface area (Å²) in [6.07, 6.45) is 0.271. The predicted molar refractivity (Wildman–Crippen MR) is 108 cm³/mol. The number of hydrogen-bond donors (Lipinski definition) is 3. The molecule has 0 bridgehead atoms. The number of carbonyl (C=O) groups excluding carboxylic acids is 1. The highest BCUT2D eigenvalue weighted by molar-refractivity contribution is 7.89. The van der Waals surface area contributed by atoms with Crippen molar-refractivity contribution in [2.24, 2.45) is 5.16 Å². The van der Waals surface area contributed by atoms with Gasteiger partial charge in [-0.3, -0.25) is 10.1 Å². The molecule has 30 heavy (non-hydrogen) atoms. The summed E-state index contributed by atoms with van der Waals surface area (Å²) in [7, 11) is -2.30. The molecule has 2 aromatic rings. The third-order valence-electron chi connectivity index (χ3n) is 3.53. The van der Waals surface area contributed by atoms with Gasteiger partial charge in [0.15, 0.2) is 16.0 Å². The van der Waals surface area contributed by atoms with Crippen LogP contribution < -0.4 is 10.0 Å². The van der Waals surface area contributed by atoms with E-state index in [4.69, 9.17) is 14.7 Å². The van der Waals surface area contributed by atoms with Crippen LogP contribution in [0, 0.1) is 5.13 Å². The number of aromatic nitrogens is 1.